The number of amides is 1. The fourth-order valence-corrected chi connectivity index (χ4v) is 4.57. The van der Waals surface area contributed by atoms with Gasteiger partial charge in [-0.05, 0) is 88.8 Å². The van der Waals surface area contributed by atoms with E-state index in [0.29, 0.717) is 11.1 Å². The summed E-state index contributed by atoms with van der Waals surface area (Å²) in [7, 11) is 0. The fraction of sp³-hybridized carbons (Fsp3) is 0.562. The molecular weight excluding hydrogens is 676 g/mol. The molecule has 2 unspecified atom stereocenters. The molecule has 4 rings (SSSR count). The highest BCUT2D eigenvalue weighted by molar-refractivity contribution is 5.77. The summed E-state index contributed by atoms with van der Waals surface area (Å²) in [6.45, 7) is 5.75. The van der Waals surface area contributed by atoms with Gasteiger partial charge in [-0.15, -0.1) is 26.3 Å². The molecule has 2 aromatic carbocycles. The highest BCUT2D eigenvalue weighted by atomic mass is 19.4. The molecule has 6 N–H and O–H groups in total. The summed E-state index contributed by atoms with van der Waals surface area (Å²) in [5, 5.41) is 30.2. The van der Waals surface area contributed by atoms with Crippen molar-refractivity contribution in [3.63, 3.8) is 0 Å². The molecule has 2 saturated carbocycles. The third-order valence-electron chi connectivity index (χ3n) is 7.90. The van der Waals surface area contributed by atoms with Crippen molar-refractivity contribution in [1.29, 1.82) is 0 Å². The number of rotatable bonds is 11. The van der Waals surface area contributed by atoms with Gasteiger partial charge in [-0.2, -0.15) is 0 Å². The first kappa shape index (κ1) is 41.5. The van der Waals surface area contributed by atoms with Gasteiger partial charge in [0.1, 0.15) is 34.0 Å². The average Bonchev–Trinajstić information content (AvgIpc) is 3.85. The Morgan fingerprint density at radius 1 is 0.796 bits per heavy atom. The number of hydrogen-bond acceptors (Lipinski definition) is 7. The van der Waals surface area contributed by atoms with Crippen LogP contribution in [-0.2, 0) is 9.59 Å². The summed E-state index contributed by atoms with van der Waals surface area (Å²) >= 11 is 0. The lowest BCUT2D eigenvalue weighted by molar-refractivity contribution is -0.275. The molecule has 0 aliphatic heterocycles. The number of ether oxygens (including phenoxy) is 2. The predicted molar refractivity (Wildman–Crippen MR) is 160 cm³/mol. The minimum absolute atomic E-state index is 0.208. The van der Waals surface area contributed by atoms with Crippen LogP contribution in [0.25, 0.3) is 0 Å². The third-order valence-corrected chi connectivity index (χ3v) is 7.90. The quantitative estimate of drug-likeness (QED) is 0.161. The lowest BCUT2D eigenvalue weighted by Gasteiger charge is -2.27. The zero-order chi connectivity index (χ0) is 37.6. The normalized spacial score (nSPS) is 19.5. The molecule has 49 heavy (non-hydrogen) atoms. The molecular formula is C32H40F8N2O7. The molecule has 0 heterocycles. The number of nitrogens with one attached hydrogen (secondary N) is 1. The summed E-state index contributed by atoms with van der Waals surface area (Å²) in [6, 6.07) is 9.90. The van der Waals surface area contributed by atoms with Crippen LogP contribution in [-0.4, -0.2) is 62.5 Å². The second-order valence-electron chi connectivity index (χ2n) is 12.5. The van der Waals surface area contributed by atoms with Crippen molar-refractivity contribution in [1.82, 2.24) is 5.32 Å². The van der Waals surface area contributed by atoms with Crippen LogP contribution in [0.4, 0.5) is 35.1 Å². The van der Waals surface area contributed by atoms with Crippen LogP contribution in [0, 0.1) is 0 Å². The Hall–Kier alpha value is -3.70. The molecule has 0 radical (unpaired) electrons. The van der Waals surface area contributed by atoms with Crippen molar-refractivity contribution in [2.75, 3.05) is 0 Å². The number of aliphatic hydroxyl groups is 2. The molecule has 2 aliphatic carbocycles. The Kier molecular flexibility index (Phi) is 13.1. The number of carboxylic acid groups (broad SMARTS) is 1. The van der Waals surface area contributed by atoms with E-state index in [1.165, 1.54) is 44.2 Å². The van der Waals surface area contributed by atoms with E-state index in [4.69, 9.17) is 10.8 Å². The zero-order valence-electron chi connectivity index (χ0n) is 27.1. The minimum atomic E-state index is -4.80. The standard InChI is InChI=1S/C16H19F4NO3.C9H10F3NO.C7H11FO3/c1-10(11-4-3-5-12(8-11)24-16(18,19)20)21-13(22)9-14(2,23)15(17)6-7-15;1-6(13)7-3-2-4-8(5-7)14-9(10,11)12;1-6(11,4-5(9)10)7(8)2-3-7/h3-5,8,10,23H,6-7,9H2,1-2H3,(H,21,22);2-6H,13H2,1H3;11H,2-4H2,1H3,(H,9,10)/t10-,14?;6-;/m00./s1. The molecule has 2 aromatic rings. The van der Waals surface area contributed by atoms with Gasteiger partial charge >= 0.3 is 18.7 Å². The highest BCUT2D eigenvalue weighted by Crippen LogP contribution is 2.50. The van der Waals surface area contributed by atoms with Crippen molar-refractivity contribution in [3.05, 3.63) is 59.7 Å². The van der Waals surface area contributed by atoms with E-state index in [1.54, 1.807) is 19.9 Å². The van der Waals surface area contributed by atoms with Crippen LogP contribution in [0.2, 0.25) is 0 Å². The summed E-state index contributed by atoms with van der Waals surface area (Å²) in [4.78, 5) is 22.1. The number of halogens is 8. The van der Waals surface area contributed by atoms with Gasteiger partial charge in [0.05, 0.1) is 18.9 Å². The van der Waals surface area contributed by atoms with Gasteiger partial charge in [-0.3, -0.25) is 9.59 Å². The molecule has 4 atom stereocenters. The van der Waals surface area contributed by atoms with Gasteiger partial charge in [-0.25, -0.2) is 8.78 Å². The largest absolute Gasteiger partial charge is 0.573 e. The second kappa shape index (κ2) is 15.5. The van der Waals surface area contributed by atoms with E-state index in [9.17, 15) is 54.9 Å². The first-order chi connectivity index (χ1) is 22.2. The number of alkyl halides is 8. The van der Waals surface area contributed by atoms with E-state index in [0.717, 1.165) is 12.1 Å². The van der Waals surface area contributed by atoms with E-state index in [1.807, 2.05) is 0 Å². The Labute approximate surface area is 277 Å². The smallest absolute Gasteiger partial charge is 0.481 e. The molecule has 2 fully saturated rings. The predicted octanol–water partition coefficient (Wildman–Crippen LogP) is 6.72. The fourth-order valence-electron chi connectivity index (χ4n) is 4.57. The Balaban J connectivity index is 0.000000282. The van der Waals surface area contributed by atoms with Gasteiger partial charge in [0.2, 0.25) is 5.91 Å². The molecule has 17 heteroatoms. The first-order valence-electron chi connectivity index (χ1n) is 15.0. The SMILES string of the molecule is CC(O)(CC(=O)O)C1(F)CC1.C[C@H](N)c1cccc(OC(F)(F)F)c1.C[C@H](NC(=O)CC(C)(O)C1(F)CC1)c1cccc(OC(F)(F)F)c1. The van der Waals surface area contributed by atoms with Gasteiger partial charge in [0.15, 0.2) is 0 Å². The first-order valence-corrected chi connectivity index (χ1v) is 15.0. The average molecular weight is 717 g/mol. The van der Waals surface area contributed by atoms with E-state index in [-0.39, 0.29) is 37.5 Å². The highest BCUT2D eigenvalue weighted by Gasteiger charge is 2.59. The molecule has 9 nitrogen and oxygen atoms in total. The number of aliphatic carboxylic acids is 1. The number of hydrogen-bond donors (Lipinski definition) is 5. The summed E-state index contributed by atoms with van der Waals surface area (Å²) < 4.78 is 107. The Bertz CT molecular complexity index is 1420. The van der Waals surface area contributed by atoms with Crippen LogP contribution in [0.5, 0.6) is 11.5 Å². The molecule has 0 aromatic heterocycles. The zero-order valence-corrected chi connectivity index (χ0v) is 27.1. The third kappa shape index (κ3) is 13.6. The maximum absolute atomic E-state index is 14.0. The van der Waals surface area contributed by atoms with Gasteiger partial charge in [0, 0.05) is 6.04 Å². The molecule has 0 saturated heterocycles. The maximum atomic E-state index is 14.0. The Morgan fingerprint density at radius 3 is 1.55 bits per heavy atom. The molecule has 0 bridgehead atoms. The second-order valence-corrected chi connectivity index (χ2v) is 12.5. The summed E-state index contributed by atoms with van der Waals surface area (Å²) in [5.74, 6) is -2.39. The van der Waals surface area contributed by atoms with Crippen LogP contribution in [0.1, 0.15) is 89.4 Å². The Morgan fingerprint density at radius 2 is 1.18 bits per heavy atom. The monoisotopic (exact) mass is 716 g/mol. The van der Waals surface area contributed by atoms with Crippen molar-refractivity contribution in [2.45, 2.75) is 114 Å². The van der Waals surface area contributed by atoms with E-state index < -0.39 is 71.8 Å². The molecule has 0 spiro atoms. The lowest BCUT2D eigenvalue weighted by Crippen LogP contribution is -2.43. The van der Waals surface area contributed by atoms with Gasteiger partial charge in [0.25, 0.3) is 0 Å². The molecule has 276 valence electrons. The van der Waals surface area contributed by atoms with Gasteiger partial charge in [-0.1, -0.05) is 24.3 Å². The van der Waals surface area contributed by atoms with Crippen molar-refractivity contribution < 1.29 is 69.5 Å². The van der Waals surface area contributed by atoms with Gasteiger partial charge < -0.3 is 35.8 Å². The number of carbonyl (C=O) groups is 2. The summed E-state index contributed by atoms with van der Waals surface area (Å²) in [5.41, 5.74) is -0.343. The topological polar surface area (TPSA) is 151 Å². The molecule has 1 amide bonds. The summed E-state index contributed by atoms with van der Waals surface area (Å²) in [6.07, 6.45) is -9.45. The van der Waals surface area contributed by atoms with Crippen LogP contribution >= 0.6 is 0 Å². The number of carbonyl (C=O) groups excluding carboxylic acids is 1. The molecule has 2 aliphatic rings. The van der Waals surface area contributed by atoms with Crippen LogP contribution in [0.3, 0.4) is 0 Å². The van der Waals surface area contributed by atoms with Crippen molar-refractivity contribution in [3.8, 4) is 11.5 Å². The maximum Gasteiger partial charge on any atom is 0.573 e. The van der Waals surface area contributed by atoms with Crippen LogP contribution in [0.15, 0.2) is 48.5 Å². The van der Waals surface area contributed by atoms with Crippen molar-refractivity contribution in [2.24, 2.45) is 5.73 Å². The lowest BCUT2D eigenvalue weighted by atomic mass is 9.93. The van der Waals surface area contributed by atoms with Crippen LogP contribution < -0.4 is 20.5 Å². The number of benzene rings is 2. The number of carboxylic acids is 1. The number of nitrogens with two attached hydrogens (primary N) is 1. The van der Waals surface area contributed by atoms with Crippen molar-refractivity contribution >= 4 is 11.9 Å². The minimum Gasteiger partial charge on any atom is -0.481 e. The van der Waals surface area contributed by atoms with E-state index in [2.05, 4.69) is 14.8 Å². The van der Waals surface area contributed by atoms with E-state index >= 15 is 0 Å².